The van der Waals surface area contributed by atoms with Crippen molar-refractivity contribution in [2.75, 3.05) is 20.6 Å². The maximum absolute atomic E-state index is 11.0. The smallest absolute Gasteiger partial charge is 0.103 e. The highest BCUT2D eigenvalue weighted by Crippen LogP contribution is 2.41. The van der Waals surface area contributed by atoms with Gasteiger partial charge in [-0.05, 0) is 12.5 Å². The molecular weight excluding hydrogens is 210 g/mol. The lowest BCUT2D eigenvalue weighted by Gasteiger charge is -2.50. The Hall–Kier alpha value is -0.860. The van der Waals surface area contributed by atoms with E-state index in [4.69, 9.17) is 0 Å². The highest BCUT2D eigenvalue weighted by atomic mass is 16.3. The van der Waals surface area contributed by atoms with Gasteiger partial charge in [-0.15, -0.1) is 0 Å². The van der Waals surface area contributed by atoms with Gasteiger partial charge in [0.15, 0.2) is 0 Å². The quantitative estimate of drug-likeness (QED) is 0.740. The van der Waals surface area contributed by atoms with Crippen molar-refractivity contribution in [2.24, 2.45) is 5.92 Å². The van der Waals surface area contributed by atoms with Crippen molar-refractivity contribution >= 4 is 0 Å². The minimum Gasteiger partial charge on any atom is -0.384 e. The van der Waals surface area contributed by atoms with Crippen LogP contribution in [0.1, 0.15) is 25.8 Å². The topological polar surface area (TPSA) is 20.2 Å². The summed E-state index contributed by atoms with van der Waals surface area (Å²) in [6.45, 7) is 5.42. The van der Waals surface area contributed by atoms with E-state index in [1.54, 1.807) is 0 Å². The van der Waals surface area contributed by atoms with E-state index in [1.807, 2.05) is 18.2 Å². The molecular formula is C15H24NO+. The zero-order valence-electron chi connectivity index (χ0n) is 11.4. The lowest BCUT2D eigenvalue weighted by atomic mass is 9.74. The molecule has 0 unspecified atom stereocenters. The number of rotatable bonds is 1. The van der Waals surface area contributed by atoms with Crippen LogP contribution in [0.15, 0.2) is 30.3 Å². The summed E-state index contributed by atoms with van der Waals surface area (Å²) in [4.78, 5) is 0. The summed E-state index contributed by atoms with van der Waals surface area (Å²) < 4.78 is 0.996. The maximum Gasteiger partial charge on any atom is 0.103 e. The molecule has 0 saturated carbocycles. The van der Waals surface area contributed by atoms with E-state index in [0.717, 1.165) is 23.0 Å². The van der Waals surface area contributed by atoms with Crippen LogP contribution in [0.5, 0.6) is 0 Å². The van der Waals surface area contributed by atoms with Crippen LogP contribution in [0.25, 0.3) is 0 Å². The third-order valence-corrected chi connectivity index (χ3v) is 4.63. The predicted octanol–water partition coefficient (Wildman–Crippen LogP) is 2.38. The molecule has 0 aromatic heterocycles. The Kier molecular flexibility index (Phi) is 3.04. The largest absolute Gasteiger partial charge is 0.384 e. The standard InChI is InChI=1S/C15H24NO/c1-12-11-16(3,4)13(2)10-15(12,17)14-8-6-5-7-9-14/h5-9,12-13,17H,10-11H2,1-4H3/q+1/t12-,13-,15+/m1/s1. The van der Waals surface area contributed by atoms with Crippen LogP contribution in [0.4, 0.5) is 0 Å². The van der Waals surface area contributed by atoms with E-state index < -0.39 is 5.60 Å². The molecule has 0 amide bonds. The van der Waals surface area contributed by atoms with Crippen LogP contribution >= 0.6 is 0 Å². The predicted molar refractivity (Wildman–Crippen MR) is 70.6 cm³/mol. The van der Waals surface area contributed by atoms with Crippen LogP contribution in [0.3, 0.4) is 0 Å². The molecule has 2 heteroatoms. The van der Waals surface area contributed by atoms with Crippen molar-refractivity contribution in [3.05, 3.63) is 35.9 Å². The minimum absolute atomic E-state index is 0.288. The second-order valence-corrected chi connectivity index (χ2v) is 6.21. The van der Waals surface area contributed by atoms with Gasteiger partial charge >= 0.3 is 0 Å². The first-order valence-electron chi connectivity index (χ1n) is 6.47. The Bertz CT molecular complexity index is 387. The third-order valence-electron chi connectivity index (χ3n) is 4.63. The summed E-state index contributed by atoms with van der Waals surface area (Å²) in [5.41, 5.74) is 0.410. The molecule has 1 heterocycles. The van der Waals surface area contributed by atoms with Gasteiger partial charge in [-0.25, -0.2) is 0 Å². The first-order chi connectivity index (χ1) is 7.86. The Morgan fingerprint density at radius 2 is 1.76 bits per heavy atom. The van der Waals surface area contributed by atoms with E-state index in [0.29, 0.717) is 6.04 Å². The molecule has 0 aliphatic carbocycles. The summed E-state index contributed by atoms with van der Waals surface area (Å²) in [5, 5.41) is 11.0. The molecule has 2 rings (SSSR count). The number of aliphatic hydroxyl groups is 1. The molecule has 0 spiro atoms. The van der Waals surface area contributed by atoms with Crippen molar-refractivity contribution in [1.82, 2.24) is 0 Å². The molecule has 0 radical (unpaired) electrons. The highest BCUT2D eigenvalue weighted by molar-refractivity contribution is 5.23. The molecule has 17 heavy (non-hydrogen) atoms. The number of piperidine rings is 1. The monoisotopic (exact) mass is 234 g/mol. The minimum atomic E-state index is -0.658. The zero-order chi connectivity index (χ0) is 12.7. The van der Waals surface area contributed by atoms with Gasteiger partial charge in [-0.3, -0.25) is 0 Å². The molecule has 1 aliphatic rings. The number of hydrogen-bond donors (Lipinski definition) is 1. The number of likely N-dealkylation sites (tertiary alicyclic amines) is 1. The van der Waals surface area contributed by atoms with Gasteiger partial charge in [0, 0.05) is 12.3 Å². The van der Waals surface area contributed by atoms with E-state index >= 15 is 0 Å². The molecule has 1 aromatic carbocycles. The van der Waals surface area contributed by atoms with E-state index in [-0.39, 0.29) is 5.92 Å². The first-order valence-corrected chi connectivity index (χ1v) is 6.47. The molecule has 2 nitrogen and oxygen atoms in total. The Balaban J connectivity index is 2.33. The summed E-state index contributed by atoms with van der Waals surface area (Å²) in [7, 11) is 4.51. The molecule has 1 aromatic rings. The van der Waals surface area contributed by atoms with Gasteiger partial charge in [0.1, 0.15) is 5.60 Å². The third kappa shape index (κ3) is 2.12. The molecule has 3 atom stereocenters. The fourth-order valence-corrected chi connectivity index (χ4v) is 3.06. The van der Waals surface area contributed by atoms with E-state index in [1.165, 1.54) is 0 Å². The van der Waals surface area contributed by atoms with Gasteiger partial charge in [0.25, 0.3) is 0 Å². The molecule has 0 bridgehead atoms. The number of quaternary nitrogens is 1. The summed E-state index contributed by atoms with van der Waals surface area (Å²) in [5.74, 6) is 0.288. The normalized spacial score (nSPS) is 36.8. The van der Waals surface area contributed by atoms with Crippen molar-refractivity contribution in [2.45, 2.75) is 31.9 Å². The van der Waals surface area contributed by atoms with Crippen LogP contribution in [-0.4, -0.2) is 36.3 Å². The lowest BCUT2D eigenvalue weighted by Crippen LogP contribution is -2.60. The van der Waals surface area contributed by atoms with Crippen LogP contribution in [0.2, 0.25) is 0 Å². The second kappa shape index (κ2) is 4.11. The van der Waals surface area contributed by atoms with Gasteiger partial charge in [0.2, 0.25) is 0 Å². The molecule has 94 valence electrons. The fourth-order valence-electron chi connectivity index (χ4n) is 3.06. The average Bonchev–Trinajstić information content (AvgIpc) is 2.27. The van der Waals surface area contributed by atoms with E-state index in [2.05, 4.69) is 40.1 Å². The number of hydrogen-bond acceptors (Lipinski definition) is 1. The summed E-state index contributed by atoms with van der Waals surface area (Å²) in [6.07, 6.45) is 0.838. The van der Waals surface area contributed by atoms with Gasteiger partial charge in [-0.2, -0.15) is 0 Å². The van der Waals surface area contributed by atoms with Gasteiger partial charge in [-0.1, -0.05) is 37.3 Å². The molecule has 1 aliphatic heterocycles. The van der Waals surface area contributed by atoms with Crippen molar-refractivity contribution < 1.29 is 9.59 Å². The fraction of sp³-hybridized carbons (Fsp3) is 0.600. The van der Waals surface area contributed by atoms with Crippen LogP contribution in [-0.2, 0) is 5.60 Å². The van der Waals surface area contributed by atoms with Crippen LogP contribution in [0, 0.1) is 5.92 Å². The zero-order valence-corrected chi connectivity index (χ0v) is 11.4. The van der Waals surface area contributed by atoms with E-state index in [9.17, 15) is 5.11 Å². The summed E-state index contributed by atoms with van der Waals surface area (Å²) in [6, 6.07) is 10.6. The number of benzene rings is 1. The van der Waals surface area contributed by atoms with Gasteiger partial charge < -0.3 is 9.59 Å². The SMILES string of the molecule is C[C@@H]1C[N+](C)(C)[C@H](C)C[C@@]1(O)c1ccccc1. The molecule has 1 N–H and O–H groups in total. The summed E-state index contributed by atoms with van der Waals surface area (Å²) >= 11 is 0. The molecule has 1 fully saturated rings. The first kappa shape index (κ1) is 12.6. The van der Waals surface area contributed by atoms with Crippen molar-refractivity contribution in [1.29, 1.82) is 0 Å². The average molecular weight is 234 g/mol. The lowest BCUT2D eigenvalue weighted by molar-refractivity contribution is -0.925. The molecule has 1 saturated heterocycles. The Labute approximate surface area is 104 Å². The highest BCUT2D eigenvalue weighted by Gasteiger charge is 2.48. The van der Waals surface area contributed by atoms with Crippen LogP contribution < -0.4 is 0 Å². The Morgan fingerprint density at radius 3 is 2.35 bits per heavy atom. The number of nitrogens with zero attached hydrogens (tertiary/aromatic N) is 1. The second-order valence-electron chi connectivity index (χ2n) is 6.21. The van der Waals surface area contributed by atoms with Crippen molar-refractivity contribution in [3.63, 3.8) is 0 Å². The van der Waals surface area contributed by atoms with Gasteiger partial charge in [0.05, 0.1) is 26.7 Å². The maximum atomic E-state index is 11.0. The van der Waals surface area contributed by atoms with Crippen molar-refractivity contribution in [3.8, 4) is 0 Å². The Morgan fingerprint density at radius 1 is 1.18 bits per heavy atom.